The SMILES string of the molecule is CCCn1c(=O)n(Cc2nc3ccccc3o2)c2ccccc21. The molecule has 2 aromatic carbocycles. The number of nitrogens with zero attached hydrogens (tertiary/aromatic N) is 3. The summed E-state index contributed by atoms with van der Waals surface area (Å²) in [6.45, 7) is 3.12. The van der Waals surface area contributed by atoms with Gasteiger partial charge in [0.25, 0.3) is 0 Å². The summed E-state index contributed by atoms with van der Waals surface area (Å²) in [5.74, 6) is 0.549. The van der Waals surface area contributed by atoms with Crippen LogP contribution in [0, 0.1) is 0 Å². The summed E-state index contributed by atoms with van der Waals surface area (Å²) in [4.78, 5) is 17.2. The second-order valence-electron chi connectivity index (χ2n) is 5.58. The van der Waals surface area contributed by atoms with E-state index in [-0.39, 0.29) is 5.69 Å². The van der Waals surface area contributed by atoms with E-state index in [0.717, 1.165) is 28.6 Å². The number of hydrogen-bond acceptors (Lipinski definition) is 3. The smallest absolute Gasteiger partial charge is 0.329 e. The van der Waals surface area contributed by atoms with Gasteiger partial charge in [-0.1, -0.05) is 31.2 Å². The van der Waals surface area contributed by atoms with Gasteiger partial charge in [0.1, 0.15) is 12.1 Å². The Morgan fingerprint density at radius 1 is 1.00 bits per heavy atom. The summed E-state index contributed by atoms with van der Waals surface area (Å²) in [5.41, 5.74) is 3.40. The molecule has 5 heteroatoms. The first kappa shape index (κ1) is 13.8. The van der Waals surface area contributed by atoms with Crippen LogP contribution < -0.4 is 5.69 Å². The van der Waals surface area contributed by atoms with E-state index in [1.807, 2.05) is 53.1 Å². The first-order valence-corrected chi connectivity index (χ1v) is 7.80. The maximum Gasteiger partial charge on any atom is 0.329 e. The summed E-state index contributed by atoms with van der Waals surface area (Å²) in [5, 5.41) is 0. The Labute approximate surface area is 132 Å². The van der Waals surface area contributed by atoms with Gasteiger partial charge in [-0.2, -0.15) is 0 Å². The summed E-state index contributed by atoms with van der Waals surface area (Å²) in [6.07, 6.45) is 0.913. The average Bonchev–Trinajstić information content (AvgIpc) is 3.10. The molecular weight excluding hydrogens is 290 g/mol. The van der Waals surface area contributed by atoms with Crippen LogP contribution >= 0.6 is 0 Å². The molecule has 0 amide bonds. The van der Waals surface area contributed by atoms with Crippen molar-refractivity contribution >= 4 is 22.1 Å². The van der Waals surface area contributed by atoms with Crippen LogP contribution in [0.1, 0.15) is 19.2 Å². The fraction of sp³-hybridized carbons (Fsp3) is 0.222. The molecule has 2 aromatic heterocycles. The largest absolute Gasteiger partial charge is 0.439 e. The van der Waals surface area contributed by atoms with Gasteiger partial charge in [0.15, 0.2) is 5.58 Å². The summed E-state index contributed by atoms with van der Waals surface area (Å²) >= 11 is 0. The Hall–Kier alpha value is -2.82. The number of hydrogen-bond donors (Lipinski definition) is 0. The van der Waals surface area contributed by atoms with E-state index in [1.54, 1.807) is 4.57 Å². The van der Waals surface area contributed by atoms with Crippen molar-refractivity contribution in [1.82, 2.24) is 14.1 Å². The van der Waals surface area contributed by atoms with Crippen molar-refractivity contribution in [3.05, 3.63) is 64.9 Å². The number of aromatic nitrogens is 3. The van der Waals surface area contributed by atoms with Gasteiger partial charge < -0.3 is 4.42 Å². The van der Waals surface area contributed by atoms with E-state index >= 15 is 0 Å². The molecule has 0 spiro atoms. The van der Waals surface area contributed by atoms with Gasteiger partial charge in [0, 0.05) is 6.54 Å². The molecule has 0 unspecified atom stereocenters. The third kappa shape index (κ3) is 2.25. The lowest BCUT2D eigenvalue weighted by Gasteiger charge is -1.98. The molecule has 4 aromatic rings. The summed E-state index contributed by atoms with van der Waals surface area (Å²) < 4.78 is 9.31. The van der Waals surface area contributed by atoms with Gasteiger partial charge in [-0.3, -0.25) is 9.13 Å². The third-order valence-electron chi connectivity index (χ3n) is 4.00. The Morgan fingerprint density at radius 2 is 1.70 bits per heavy atom. The van der Waals surface area contributed by atoms with Crippen molar-refractivity contribution in [1.29, 1.82) is 0 Å². The van der Waals surface area contributed by atoms with Crippen molar-refractivity contribution < 1.29 is 4.42 Å². The maximum absolute atomic E-state index is 12.8. The topological polar surface area (TPSA) is 53.0 Å². The van der Waals surface area contributed by atoms with E-state index in [0.29, 0.717) is 19.0 Å². The zero-order valence-corrected chi connectivity index (χ0v) is 12.9. The Balaban J connectivity index is 1.85. The van der Waals surface area contributed by atoms with E-state index in [9.17, 15) is 4.79 Å². The fourth-order valence-corrected chi connectivity index (χ4v) is 2.99. The molecule has 0 bridgehead atoms. The van der Waals surface area contributed by atoms with Crippen LogP contribution in [0.15, 0.2) is 57.7 Å². The van der Waals surface area contributed by atoms with Crippen LogP contribution in [-0.4, -0.2) is 14.1 Å². The normalized spacial score (nSPS) is 11.5. The highest BCUT2D eigenvalue weighted by atomic mass is 16.3. The number of oxazole rings is 1. The highest BCUT2D eigenvalue weighted by Gasteiger charge is 2.14. The van der Waals surface area contributed by atoms with Gasteiger partial charge in [0.05, 0.1) is 11.0 Å². The van der Waals surface area contributed by atoms with Gasteiger partial charge >= 0.3 is 5.69 Å². The summed E-state index contributed by atoms with van der Waals surface area (Å²) in [6, 6.07) is 15.5. The molecule has 0 fully saturated rings. The van der Waals surface area contributed by atoms with Crippen LogP contribution in [0.4, 0.5) is 0 Å². The first-order valence-electron chi connectivity index (χ1n) is 7.80. The van der Waals surface area contributed by atoms with Crippen molar-refractivity contribution in [2.75, 3.05) is 0 Å². The Morgan fingerprint density at radius 3 is 2.43 bits per heavy atom. The number of para-hydroxylation sites is 4. The van der Waals surface area contributed by atoms with Crippen LogP contribution in [0.3, 0.4) is 0 Å². The van der Waals surface area contributed by atoms with Crippen molar-refractivity contribution in [2.24, 2.45) is 0 Å². The van der Waals surface area contributed by atoms with E-state index in [2.05, 4.69) is 11.9 Å². The molecule has 0 aliphatic carbocycles. The van der Waals surface area contributed by atoms with Crippen molar-refractivity contribution in [2.45, 2.75) is 26.4 Å². The van der Waals surface area contributed by atoms with Crippen molar-refractivity contribution in [3.8, 4) is 0 Å². The highest BCUT2D eigenvalue weighted by molar-refractivity contribution is 5.76. The van der Waals surface area contributed by atoms with Gasteiger partial charge in [-0.05, 0) is 30.7 Å². The maximum atomic E-state index is 12.8. The highest BCUT2D eigenvalue weighted by Crippen LogP contribution is 2.18. The minimum atomic E-state index is -0.0182. The fourth-order valence-electron chi connectivity index (χ4n) is 2.99. The van der Waals surface area contributed by atoms with Crippen LogP contribution in [0.25, 0.3) is 22.1 Å². The second-order valence-corrected chi connectivity index (χ2v) is 5.58. The molecule has 0 saturated heterocycles. The predicted octanol–water partition coefficient (Wildman–Crippen LogP) is 3.40. The molecule has 0 aliphatic heterocycles. The zero-order valence-electron chi connectivity index (χ0n) is 12.9. The number of aryl methyl sites for hydroxylation is 1. The van der Waals surface area contributed by atoms with Gasteiger partial charge in [-0.25, -0.2) is 9.78 Å². The average molecular weight is 307 g/mol. The Bertz CT molecular complexity index is 1010. The monoisotopic (exact) mass is 307 g/mol. The quantitative estimate of drug-likeness (QED) is 0.580. The number of imidazole rings is 1. The van der Waals surface area contributed by atoms with E-state index in [1.165, 1.54) is 0 Å². The molecule has 0 N–H and O–H groups in total. The molecule has 4 rings (SSSR count). The summed E-state index contributed by atoms with van der Waals surface area (Å²) in [7, 11) is 0. The molecule has 0 aliphatic rings. The van der Waals surface area contributed by atoms with E-state index < -0.39 is 0 Å². The number of rotatable bonds is 4. The molecular formula is C18H17N3O2. The molecule has 2 heterocycles. The third-order valence-corrected chi connectivity index (χ3v) is 4.00. The minimum absolute atomic E-state index is 0.0182. The second kappa shape index (κ2) is 5.43. The lowest BCUT2D eigenvalue weighted by Crippen LogP contribution is -2.24. The molecule has 23 heavy (non-hydrogen) atoms. The lowest BCUT2D eigenvalue weighted by molar-refractivity contribution is 0.503. The van der Waals surface area contributed by atoms with Crippen LogP contribution in [0.5, 0.6) is 0 Å². The van der Waals surface area contributed by atoms with Crippen molar-refractivity contribution in [3.63, 3.8) is 0 Å². The molecule has 0 saturated carbocycles. The number of benzene rings is 2. The van der Waals surface area contributed by atoms with Crippen LogP contribution in [-0.2, 0) is 13.1 Å². The molecule has 116 valence electrons. The molecule has 5 nitrogen and oxygen atoms in total. The van der Waals surface area contributed by atoms with Gasteiger partial charge in [-0.15, -0.1) is 0 Å². The minimum Gasteiger partial charge on any atom is -0.439 e. The first-order chi connectivity index (χ1) is 11.3. The van der Waals surface area contributed by atoms with E-state index in [4.69, 9.17) is 4.42 Å². The molecule has 0 atom stereocenters. The van der Waals surface area contributed by atoms with Crippen LogP contribution in [0.2, 0.25) is 0 Å². The zero-order chi connectivity index (χ0) is 15.8. The Kier molecular flexibility index (Phi) is 3.26. The van der Waals surface area contributed by atoms with Gasteiger partial charge in [0.2, 0.25) is 5.89 Å². The molecule has 0 radical (unpaired) electrons. The number of fused-ring (bicyclic) bond motifs is 2. The lowest BCUT2D eigenvalue weighted by atomic mass is 10.3. The predicted molar refractivity (Wildman–Crippen MR) is 89.6 cm³/mol. The standard InChI is InChI=1S/C18H17N3O2/c1-2-11-20-14-8-4-5-9-15(14)21(18(20)22)12-17-19-13-7-3-6-10-16(13)23-17/h3-10H,2,11-12H2,1H3.